The molecule has 1 aromatic rings. The Morgan fingerprint density at radius 2 is 2.13 bits per heavy atom. The summed E-state index contributed by atoms with van der Waals surface area (Å²) in [5, 5.41) is 3.47. The molecule has 15 heavy (non-hydrogen) atoms. The van der Waals surface area contributed by atoms with Gasteiger partial charge in [-0.2, -0.15) is 0 Å². The Morgan fingerprint density at radius 1 is 1.53 bits per heavy atom. The van der Waals surface area contributed by atoms with Gasteiger partial charge in [-0.3, -0.25) is 4.79 Å². The number of carbonyl (C=O) groups excluding carboxylic acids is 2. The number of nitrogen functional groups attached to an aromatic ring is 1. The summed E-state index contributed by atoms with van der Waals surface area (Å²) in [4.78, 5) is 22.1. The summed E-state index contributed by atoms with van der Waals surface area (Å²) in [7, 11) is 0. The van der Waals surface area contributed by atoms with Crippen molar-refractivity contribution in [2.24, 2.45) is 5.73 Å². The summed E-state index contributed by atoms with van der Waals surface area (Å²) >= 11 is 0. The van der Waals surface area contributed by atoms with Crippen LogP contribution in [0.2, 0.25) is 0 Å². The number of rotatable bonds is 3. The normalized spacial score (nSPS) is 12.1. The molecule has 1 atom stereocenters. The average molecular weight is 213 g/mol. The van der Waals surface area contributed by atoms with E-state index in [1.54, 1.807) is 0 Å². The third-order valence-electron chi connectivity index (χ3n) is 1.78. The van der Waals surface area contributed by atoms with E-state index in [0.29, 0.717) is 5.69 Å². The standard InChI is InChI=1S/C8H11N3O4/c1-3-5(7(10)15-11-3)8(13)14-4(2)6(9)12/h4H,10H2,1-2H3,(H2,9,12). The lowest BCUT2D eigenvalue weighted by Crippen LogP contribution is -2.30. The van der Waals surface area contributed by atoms with Crippen molar-refractivity contribution in [2.45, 2.75) is 20.0 Å². The molecule has 0 fully saturated rings. The van der Waals surface area contributed by atoms with Gasteiger partial charge in [0.1, 0.15) is 5.56 Å². The summed E-state index contributed by atoms with van der Waals surface area (Å²) in [6.45, 7) is 2.89. The number of nitrogens with two attached hydrogens (primary N) is 2. The highest BCUT2D eigenvalue weighted by Crippen LogP contribution is 2.17. The molecule has 0 saturated carbocycles. The Balaban J connectivity index is 2.82. The number of anilines is 1. The van der Waals surface area contributed by atoms with Gasteiger partial charge in [-0.1, -0.05) is 5.16 Å². The smallest absolute Gasteiger partial charge is 0.346 e. The number of primary amides is 1. The van der Waals surface area contributed by atoms with E-state index in [1.165, 1.54) is 13.8 Å². The summed E-state index contributed by atoms with van der Waals surface area (Å²) in [5.74, 6) is -1.66. The van der Waals surface area contributed by atoms with Crippen molar-refractivity contribution < 1.29 is 18.8 Å². The molecule has 1 heterocycles. The Hall–Kier alpha value is -2.05. The SMILES string of the molecule is Cc1noc(N)c1C(=O)OC(C)C(N)=O. The monoisotopic (exact) mass is 213 g/mol. The molecule has 0 saturated heterocycles. The van der Waals surface area contributed by atoms with E-state index in [4.69, 9.17) is 16.2 Å². The number of ether oxygens (including phenoxy) is 1. The van der Waals surface area contributed by atoms with Crippen LogP contribution in [0.25, 0.3) is 0 Å². The number of nitrogens with zero attached hydrogens (tertiary/aromatic N) is 1. The minimum atomic E-state index is -1.02. The predicted octanol–water partition coefficient (Wildman–Crippen LogP) is -0.404. The van der Waals surface area contributed by atoms with Crippen molar-refractivity contribution in [3.63, 3.8) is 0 Å². The van der Waals surface area contributed by atoms with E-state index in [-0.39, 0.29) is 11.4 Å². The van der Waals surface area contributed by atoms with Crippen molar-refractivity contribution in [3.05, 3.63) is 11.3 Å². The van der Waals surface area contributed by atoms with Crippen molar-refractivity contribution in [1.82, 2.24) is 5.16 Å². The number of hydrogen-bond donors (Lipinski definition) is 2. The number of hydrogen-bond acceptors (Lipinski definition) is 6. The Labute approximate surface area is 85.3 Å². The van der Waals surface area contributed by atoms with Gasteiger partial charge in [-0.05, 0) is 13.8 Å². The third-order valence-corrected chi connectivity index (χ3v) is 1.78. The van der Waals surface area contributed by atoms with Gasteiger partial charge in [0.25, 0.3) is 5.91 Å². The Morgan fingerprint density at radius 3 is 2.53 bits per heavy atom. The highest BCUT2D eigenvalue weighted by molar-refractivity contribution is 5.96. The molecule has 0 spiro atoms. The fourth-order valence-electron chi connectivity index (χ4n) is 0.913. The van der Waals surface area contributed by atoms with Gasteiger partial charge in [-0.15, -0.1) is 0 Å². The molecule has 1 aromatic heterocycles. The number of aryl methyl sites for hydroxylation is 1. The topological polar surface area (TPSA) is 121 Å². The van der Waals surface area contributed by atoms with Crippen molar-refractivity contribution >= 4 is 17.8 Å². The first kappa shape index (κ1) is 11.0. The van der Waals surface area contributed by atoms with Crippen LogP contribution in [0.15, 0.2) is 4.52 Å². The molecule has 1 unspecified atom stereocenters. The fourth-order valence-corrected chi connectivity index (χ4v) is 0.913. The van der Waals surface area contributed by atoms with Crippen molar-refractivity contribution in [1.29, 1.82) is 0 Å². The van der Waals surface area contributed by atoms with Gasteiger partial charge in [0.2, 0.25) is 5.88 Å². The highest BCUT2D eigenvalue weighted by Gasteiger charge is 2.23. The van der Waals surface area contributed by atoms with Crippen LogP contribution in [0.5, 0.6) is 0 Å². The van der Waals surface area contributed by atoms with Gasteiger partial charge in [-0.25, -0.2) is 4.79 Å². The van der Waals surface area contributed by atoms with E-state index in [1.807, 2.05) is 0 Å². The minimum absolute atomic E-state index is 0.0168. The average Bonchev–Trinajstić information content (AvgIpc) is 2.45. The maximum absolute atomic E-state index is 11.5. The largest absolute Gasteiger partial charge is 0.449 e. The Kier molecular flexibility index (Phi) is 2.93. The lowest BCUT2D eigenvalue weighted by Gasteiger charge is -2.08. The second kappa shape index (κ2) is 3.99. The van der Waals surface area contributed by atoms with Crippen LogP contribution < -0.4 is 11.5 Å². The fraction of sp³-hybridized carbons (Fsp3) is 0.375. The van der Waals surface area contributed by atoms with E-state index in [9.17, 15) is 9.59 Å². The summed E-state index contributed by atoms with van der Waals surface area (Å²) in [5.41, 5.74) is 10.6. The molecule has 0 aliphatic carbocycles. The molecule has 0 aromatic carbocycles. The molecule has 7 heteroatoms. The number of aromatic nitrogens is 1. The molecule has 0 aliphatic heterocycles. The number of carbonyl (C=O) groups is 2. The lowest BCUT2D eigenvalue weighted by atomic mass is 10.2. The first-order valence-electron chi connectivity index (χ1n) is 4.15. The van der Waals surface area contributed by atoms with Gasteiger partial charge in [0, 0.05) is 0 Å². The molecule has 1 amide bonds. The molecule has 0 aliphatic rings. The van der Waals surface area contributed by atoms with Crippen LogP contribution in [0.1, 0.15) is 23.0 Å². The van der Waals surface area contributed by atoms with E-state index >= 15 is 0 Å². The lowest BCUT2D eigenvalue weighted by molar-refractivity contribution is -0.125. The molecular weight excluding hydrogens is 202 g/mol. The quantitative estimate of drug-likeness (QED) is 0.658. The number of amides is 1. The van der Waals surface area contributed by atoms with Gasteiger partial charge >= 0.3 is 5.97 Å². The summed E-state index contributed by atoms with van der Waals surface area (Å²) in [6, 6.07) is 0. The molecule has 82 valence electrons. The number of esters is 1. The van der Waals surface area contributed by atoms with Crippen molar-refractivity contribution in [2.75, 3.05) is 5.73 Å². The van der Waals surface area contributed by atoms with Gasteiger partial charge < -0.3 is 20.7 Å². The van der Waals surface area contributed by atoms with Crippen LogP contribution >= 0.6 is 0 Å². The van der Waals surface area contributed by atoms with Crippen LogP contribution in [0.3, 0.4) is 0 Å². The molecule has 1 rings (SSSR count). The van der Waals surface area contributed by atoms with Crippen LogP contribution in [-0.4, -0.2) is 23.1 Å². The van der Waals surface area contributed by atoms with E-state index < -0.39 is 18.0 Å². The van der Waals surface area contributed by atoms with Crippen LogP contribution in [0, 0.1) is 6.92 Å². The molecular formula is C8H11N3O4. The summed E-state index contributed by atoms with van der Waals surface area (Å²) in [6.07, 6.45) is -1.02. The Bertz CT molecular complexity index is 379. The maximum Gasteiger partial charge on any atom is 0.346 e. The zero-order valence-electron chi connectivity index (χ0n) is 8.31. The maximum atomic E-state index is 11.5. The first-order valence-corrected chi connectivity index (χ1v) is 4.15. The van der Waals surface area contributed by atoms with Crippen molar-refractivity contribution in [3.8, 4) is 0 Å². The van der Waals surface area contributed by atoms with Crippen LogP contribution in [0.4, 0.5) is 5.88 Å². The predicted molar refractivity (Wildman–Crippen MR) is 49.7 cm³/mol. The van der Waals surface area contributed by atoms with Crippen LogP contribution in [-0.2, 0) is 9.53 Å². The van der Waals surface area contributed by atoms with Gasteiger partial charge in [0.15, 0.2) is 6.10 Å². The van der Waals surface area contributed by atoms with E-state index in [0.717, 1.165) is 0 Å². The van der Waals surface area contributed by atoms with E-state index in [2.05, 4.69) is 9.68 Å². The minimum Gasteiger partial charge on any atom is -0.449 e. The molecule has 0 radical (unpaired) electrons. The molecule has 7 nitrogen and oxygen atoms in total. The summed E-state index contributed by atoms with van der Waals surface area (Å²) < 4.78 is 9.29. The highest BCUT2D eigenvalue weighted by atomic mass is 16.5. The zero-order valence-corrected chi connectivity index (χ0v) is 8.31. The second-order valence-electron chi connectivity index (χ2n) is 2.96. The second-order valence-corrected chi connectivity index (χ2v) is 2.96. The van der Waals surface area contributed by atoms with Gasteiger partial charge in [0.05, 0.1) is 5.69 Å². The first-order chi connectivity index (χ1) is 6.93. The molecule has 4 N–H and O–H groups in total. The molecule has 0 bridgehead atoms. The third kappa shape index (κ3) is 2.25. The zero-order chi connectivity index (χ0) is 11.6.